The average Bonchev–Trinajstić information content (AvgIpc) is 2.67. The van der Waals surface area contributed by atoms with E-state index in [0.29, 0.717) is 11.8 Å². The van der Waals surface area contributed by atoms with E-state index in [1.807, 2.05) is 0 Å². The largest absolute Gasteiger partial charge is 0.381 e. The Morgan fingerprint density at radius 1 is 1.45 bits per heavy atom. The van der Waals surface area contributed by atoms with Crippen LogP contribution < -0.4 is 15.5 Å². The van der Waals surface area contributed by atoms with Gasteiger partial charge in [0.2, 0.25) is 5.91 Å². The first-order valence-electron chi connectivity index (χ1n) is 7.54. The Morgan fingerprint density at radius 2 is 2.18 bits per heavy atom. The van der Waals surface area contributed by atoms with Crippen LogP contribution in [0.25, 0.3) is 0 Å². The third-order valence-electron chi connectivity index (χ3n) is 4.36. The highest BCUT2D eigenvalue weighted by atomic mass is 32.2. The topological polar surface area (TPSA) is 71.7 Å². The number of hydrogen-bond acceptors (Lipinski definition) is 6. The molecule has 7 heteroatoms. The maximum absolute atomic E-state index is 12.1. The van der Waals surface area contributed by atoms with Crippen molar-refractivity contribution in [2.45, 2.75) is 29.8 Å². The van der Waals surface area contributed by atoms with Gasteiger partial charge in [-0.15, -0.1) is 11.8 Å². The van der Waals surface area contributed by atoms with Gasteiger partial charge in [-0.25, -0.2) is 4.98 Å². The zero-order valence-corrected chi connectivity index (χ0v) is 13.8. The summed E-state index contributed by atoms with van der Waals surface area (Å²) in [6.07, 6.45) is 3.82. The molecule has 120 valence electrons. The minimum absolute atomic E-state index is 0.0569. The van der Waals surface area contributed by atoms with Crippen molar-refractivity contribution in [1.82, 2.24) is 4.98 Å². The van der Waals surface area contributed by atoms with Crippen LogP contribution in [0.15, 0.2) is 17.2 Å². The molecule has 1 fully saturated rings. The van der Waals surface area contributed by atoms with Crippen molar-refractivity contribution in [3.63, 3.8) is 0 Å². The fraction of sp³-hybridized carbons (Fsp3) is 0.600. The van der Waals surface area contributed by atoms with Gasteiger partial charge in [0.1, 0.15) is 5.82 Å². The molecule has 1 aromatic rings. The highest BCUT2D eigenvalue weighted by Gasteiger charge is 2.27. The molecule has 3 rings (SSSR count). The first-order chi connectivity index (χ1) is 10.6. The van der Waals surface area contributed by atoms with Gasteiger partial charge in [0.05, 0.1) is 17.9 Å². The number of rotatable bonds is 2. The summed E-state index contributed by atoms with van der Waals surface area (Å²) in [7, 11) is 3.84. The Hall–Kier alpha value is -1.31. The molecule has 0 saturated carbocycles. The average molecular weight is 322 g/mol. The highest BCUT2D eigenvalue weighted by molar-refractivity contribution is 7.99. The molecule has 2 N–H and O–H groups in total. The van der Waals surface area contributed by atoms with Crippen LogP contribution in [0, 0.1) is 0 Å². The summed E-state index contributed by atoms with van der Waals surface area (Å²) in [6, 6.07) is 2.06. The molecule has 1 aromatic heterocycles. The summed E-state index contributed by atoms with van der Waals surface area (Å²) in [5.41, 5.74) is 6.75. The van der Waals surface area contributed by atoms with E-state index in [-0.39, 0.29) is 5.91 Å². The van der Waals surface area contributed by atoms with E-state index in [1.165, 1.54) is 0 Å². The number of ether oxygens (including phenoxy) is 1. The van der Waals surface area contributed by atoms with Crippen molar-refractivity contribution in [2.75, 3.05) is 42.9 Å². The molecule has 22 heavy (non-hydrogen) atoms. The number of anilines is 2. The zero-order valence-electron chi connectivity index (χ0n) is 13.0. The molecular formula is C15H22N4O2S. The van der Waals surface area contributed by atoms with Crippen molar-refractivity contribution in [1.29, 1.82) is 0 Å². The second kappa shape index (κ2) is 6.44. The molecule has 0 radical (unpaired) electrons. The molecule has 1 amide bonds. The Labute approximate surface area is 135 Å². The first-order valence-corrected chi connectivity index (χ1v) is 8.53. The maximum atomic E-state index is 12.1. The number of fused-ring (bicyclic) bond motifs is 1. The summed E-state index contributed by atoms with van der Waals surface area (Å²) < 4.78 is 5.42. The van der Waals surface area contributed by atoms with Crippen LogP contribution in [0.4, 0.5) is 11.5 Å². The number of carbonyl (C=O) groups excluding carboxylic acids is 1. The Balaban J connectivity index is 1.86. The molecule has 0 aliphatic carbocycles. The van der Waals surface area contributed by atoms with E-state index >= 15 is 0 Å². The van der Waals surface area contributed by atoms with Crippen LogP contribution >= 0.6 is 11.8 Å². The van der Waals surface area contributed by atoms with Crippen molar-refractivity contribution < 1.29 is 9.53 Å². The summed E-state index contributed by atoms with van der Waals surface area (Å²) in [6.45, 7) is 1.61. The van der Waals surface area contributed by atoms with Crippen molar-refractivity contribution in [3.05, 3.63) is 12.3 Å². The van der Waals surface area contributed by atoms with Gasteiger partial charge >= 0.3 is 0 Å². The molecule has 6 nitrogen and oxygen atoms in total. The first kappa shape index (κ1) is 15.6. The van der Waals surface area contributed by atoms with Crippen LogP contribution in [0.1, 0.15) is 12.8 Å². The number of nitrogens with zero attached hydrogens (tertiary/aromatic N) is 3. The van der Waals surface area contributed by atoms with Crippen LogP contribution in [0.3, 0.4) is 0 Å². The summed E-state index contributed by atoms with van der Waals surface area (Å²) in [5.74, 6) is 1.48. The Morgan fingerprint density at radius 3 is 2.91 bits per heavy atom. The Bertz CT molecular complexity index is 562. The summed E-state index contributed by atoms with van der Waals surface area (Å²) in [5, 5.41) is 0. The number of pyridine rings is 1. The third kappa shape index (κ3) is 2.93. The van der Waals surface area contributed by atoms with Gasteiger partial charge in [0.15, 0.2) is 0 Å². The van der Waals surface area contributed by atoms with E-state index in [1.54, 1.807) is 29.9 Å². The zero-order chi connectivity index (χ0) is 15.7. The van der Waals surface area contributed by atoms with E-state index < -0.39 is 6.04 Å². The van der Waals surface area contributed by atoms with Gasteiger partial charge in [0.25, 0.3) is 0 Å². The predicted octanol–water partition coefficient (Wildman–Crippen LogP) is 1.09. The molecule has 2 aliphatic rings. The van der Waals surface area contributed by atoms with E-state index in [9.17, 15) is 4.79 Å². The van der Waals surface area contributed by atoms with Crippen LogP contribution in [0.2, 0.25) is 0 Å². The quantitative estimate of drug-likeness (QED) is 0.879. The number of amides is 1. The van der Waals surface area contributed by atoms with E-state index in [0.717, 1.165) is 42.5 Å². The minimum Gasteiger partial charge on any atom is -0.381 e. The lowest BCUT2D eigenvalue weighted by Crippen LogP contribution is -2.42. The summed E-state index contributed by atoms with van der Waals surface area (Å²) >= 11 is 1.62. The number of carbonyl (C=O) groups is 1. The van der Waals surface area contributed by atoms with Crippen molar-refractivity contribution in [2.24, 2.45) is 5.73 Å². The number of thioether (sulfide) groups is 1. The molecule has 2 aliphatic heterocycles. The fourth-order valence-electron chi connectivity index (χ4n) is 2.86. The van der Waals surface area contributed by atoms with Gasteiger partial charge in [-0.3, -0.25) is 4.79 Å². The number of likely N-dealkylation sites (N-methyl/N-ethyl adjacent to an activating group) is 1. The maximum Gasteiger partial charge on any atom is 0.244 e. The lowest BCUT2D eigenvalue weighted by molar-refractivity contribution is -0.119. The van der Waals surface area contributed by atoms with E-state index in [2.05, 4.69) is 23.0 Å². The molecule has 0 aromatic carbocycles. The molecule has 1 atom stereocenters. The Kier molecular flexibility index (Phi) is 4.56. The summed E-state index contributed by atoms with van der Waals surface area (Å²) in [4.78, 5) is 21.6. The van der Waals surface area contributed by atoms with Crippen molar-refractivity contribution >= 4 is 29.2 Å². The second-order valence-electron chi connectivity index (χ2n) is 5.78. The lowest BCUT2D eigenvalue weighted by Gasteiger charge is -2.32. The smallest absolute Gasteiger partial charge is 0.244 e. The van der Waals surface area contributed by atoms with Gasteiger partial charge in [-0.1, -0.05) is 0 Å². The minimum atomic E-state index is -0.459. The molecule has 0 spiro atoms. The molecule has 0 unspecified atom stereocenters. The van der Waals surface area contributed by atoms with Crippen LogP contribution in [0.5, 0.6) is 0 Å². The molecule has 1 saturated heterocycles. The SMILES string of the molecule is CN1C(=O)[C@@H](N)CSc2cc(N(C)C3CCOCC3)ncc21. The predicted molar refractivity (Wildman–Crippen MR) is 88.6 cm³/mol. The second-order valence-corrected chi connectivity index (χ2v) is 6.84. The van der Waals surface area contributed by atoms with Gasteiger partial charge < -0.3 is 20.3 Å². The van der Waals surface area contributed by atoms with Gasteiger partial charge in [-0.05, 0) is 18.9 Å². The molecule has 0 bridgehead atoms. The molecule has 3 heterocycles. The van der Waals surface area contributed by atoms with Gasteiger partial charge in [0, 0.05) is 44.0 Å². The standard InChI is InChI=1S/C15H22N4O2S/c1-18(10-3-5-21-6-4-10)14-7-13-12(8-17-14)19(2)15(20)11(16)9-22-13/h7-8,10-11H,3-6,9,16H2,1-2H3/t11-/m0/s1. The third-order valence-corrected chi connectivity index (χ3v) is 5.52. The highest BCUT2D eigenvalue weighted by Crippen LogP contribution is 2.35. The molecular weight excluding hydrogens is 300 g/mol. The number of hydrogen-bond donors (Lipinski definition) is 1. The fourth-order valence-corrected chi connectivity index (χ4v) is 3.89. The van der Waals surface area contributed by atoms with Crippen LogP contribution in [-0.4, -0.2) is 56.0 Å². The number of nitrogens with two attached hydrogens (primary N) is 1. The van der Waals surface area contributed by atoms with Crippen LogP contribution in [-0.2, 0) is 9.53 Å². The number of aromatic nitrogens is 1. The van der Waals surface area contributed by atoms with Gasteiger partial charge in [-0.2, -0.15) is 0 Å². The monoisotopic (exact) mass is 322 g/mol. The normalized spacial score (nSPS) is 23.1. The lowest BCUT2D eigenvalue weighted by atomic mass is 10.1. The van der Waals surface area contributed by atoms with Crippen molar-refractivity contribution in [3.8, 4) is 0 Å². The van der Waals surface area contributed by atoms with E-state index in [4.69, 9.17) is 10.5 Å².